The average Bonchev–Trinajstić information content (AvgIpc) is 3.07. The predicted octanol–water partition coefficient (Wildman–Crippen LogP) is 3.07. The summed E-state index contributed by atoms with van der Waals surface area (Å²) in [6.45, 7) is 5.72. The molecule has 0 fully saturated rings. The van der Waals surface area contributed by atoms with E-state index in [4.69, 9.17) is 4.74 Å². The molecule has 2 N–H and O–H groups in total. The number of ether oxygens (including phenoxy) is 1. The van der Waals surface area contributed by atoms with E-state index in [1.54, 1.807) is 7.11 Å². The van der Waals surface area contributed by atoms with Crippen LogP contribution in [-0.4, -0.2) is 34.5 Å². The van der Waals surface area contributed by atoms with Gasteiger partial charge in [-0.2, -0.15) is 5.10 Å². The standard InChI is InChI=1S/C17H21N5O/c1-12-10-14(13(2)22(12)8-9-23-3)11-18-21-17-19-15-6-4-5-7-16(15)20-17/h4-7,10-11H,8-9H2,1-3H3,(H2,19,20,21)/b18-11+. The number of hydrogen-bond acceptors (Lipinski definition) is 4. The highest BCUT2D eigenvalue weighted by Crippen LogP contribution is 2.15. The van der Waals surface area contributed by atoms with Gasteiger partial charge in [-0.3, -0.25) is 0 Å². The van der Waals surface area contributed by atoms with Crippen molar-refractivity contribution in [3.05, 3.63) is 47.3 Å². The molecule has 2 aromatic heterocycles. The molecular formula is C17H21N5O. The molecule has 6 nitrogen and oxygen atoms in total. The molecule has 0 bridgehead atoms. The van der Waals surface area contributed by atoms with Crippen molar-refractivity contribution in [1.29, 1.82) is 0 Å². The first-order valence-electron chi connectivity index (χ1n) is 7.58. The Balaban J connectivity index is 1.72. The lowest BCUT2D eigenvalue weighted by atomic mass is 10.3. The highest BCUT2D eigenvalue weighted by molar-refractivity contribution is 5.82. The fraction of sp³-hybridized carbons (Fsp3) is 0.294. The van der Waals surface area contributed by atoms with Gasteiger partial charge < -0.3 is 14.3 Å². The van der Waals surface area contributed by atoms with E-state index in [0.29, 0.717) is 12.6 Å². The molecule has 1 aromatic carbocycles. The maximum absolute atomic E-state index is 5.15. The van der Waals surface area contributed by atoms with Gasteiger partial charge in [0.05, 0.1) is 23.9 Å². The number of H-pyrrole nitrogens is 1. The number of nitrogens with one attached hydrogen (secondary N) is 2. The average molecular weight is 311 g/mol. The molecule has 0 saturated carbocycles. The molecule has 23 heavy (non-hydrogen) atoms. The van der Waals surface area contributed by atoms with E-state index in [-0.39, 0.29) is 0 Å². The van der Waals surface area contributed by atoms with Gasteiger partial charge in [0.25, 0.3) is 0 Å². The Morgan fingerprint density at radius 2 is 2.17 bits per heavy atom. The summed E-state index contributed by atoms with van der Waals surface area (Å²) in [5.74, 6) is 0.635. The van der Waals surface area contributed by atoms with E-state index in [9.17, 15) is 0 Å². The largest absolute Gasteiger partial charge is 0.383 e. The van der Waals surface area contributed by atoms with Crippen molar-refractivity contribution >= 4 is 23.2 Å². The van der Waals surface area contributed by atoms with Crippen LogP contribution in [-0.2, 0) is 11.3 Å². The molecule has 3 rings (SSSR count). The van der Waals surface area contributed by atoms with Crippen molar-refractivity contribution < 1.29 is 4.74 Å². The van der Waals surface area contributed by atoms with Crippen molar-refractivity contribution in [3.8, 4) is 0 Å². The van der Waals surface area contributed by atoms with E-state index >= 15 is 0 Å². The number of rotatable bonds is 6. The lowest BCUT2D eigenvalue weighted by molar-refractivity contribution is 0.186. The van der Waals surface area contributed by atoms with Crippen LogP contribution in [0.25, 0.3) is 11.0 Å². The number of aromatic amines is 1. The Kier molecular flexibility index (Phi) is 4.43. The quantitative estimate of drug-likeness (QED) is 0.543. The van der Waals surface area contributed by atoms with Crippen LogP contribution in [0, 0.1) is 13.8 Å². The smallest absolute Gasteiger partial charge is 0.222 e. The number of fused-ring (bicyclic) bond motifs is 1. The molecule has 0 amide bonds. The molecule has 120 valence electrons. The third-order valence-corrected chi connectivity index (χ3v) is 3.90. The van der Waals surface area contributed by atoms with Crippen molar-refractivity contribution in [2.75, 3.05) is 19.1 Å². The zero-order valence-corrected chi connectivity index (χ0v) is 13.6. The van der Waals surface area contributed by atoms with E-state index in [0.717, 1.165) is 23.1 Å². The van der Waals surface area contributed by atoms with Gasteiger partial charge in [-0.25, -0.2) is 10.4 Å². The van der Waals surface area contributed by atoms with Crippen LogP contribution in [0.4, 0.5) is 5.95 Å². The molecule has 0 unspecified atom stereocenters. The summed E-state index contributed by atoms with van der Waals surface area (Å²) in [4.78, 5) is 7.61. The summed E-state index contributed by atoms with van der Waals surface area (Å²) < 4.78 is 7.38. The molecule has 0 aliphatic heterocycles. The summed E-state index contributed by atoms with van der Waals surface area (Å²) >= 11 is 0. The summed E-state index contributed by atoms with van der Waals surface area (Å²) in [6, 6.07) is 10.0. The van der Waals surface area contributed by atoms with Gasteiger partial charge >= 0.3 is 0 Å². The second kappa shape index (κ2) is 6.66. The van der Waals surface area contributed by atoms with Crippen LogP contribution < -0.4 is 5.43 Å². The number of imidazole rings is 1. The fourth-order valence-corrected chi connectivity index (χ4v) is 2.65. The first kappa shape index (κ1) is 15.3. The van der Waals surface area contributed by atoms with Gasteiger partial charge in [-0.05, 0) is 32.0 Å². The van der Waals surface area contributed by atoms with E-state index in [1.807, 2.05) is 30.5 Å². The number of nitrogens with zero attached hydrogens (tertiary/aromatic N) is 3. The number of anilines is 1. The van der Waals surface area contributed by atoms with Crippen LogP contribution in [0.2, 0.25) is 0 Å². The number of hydrogen-bond donors (Lipinski definition) is 2. The number of aromatic nitrogens is 3. The Hall–Kier alpha value is -2.60. The minimum Gasteiger partial charge on any atom is -0.383 e. The minimum absolute atomic E-state index is 0.635. The lowest BCUT2D eigenvalue weighted by Crippen LogP contribution is -2.07. The van der Waals surface area contributed by atoms with Gasteiger partial charge in [0.1, 0.15) is 0 Å². The first-order chi connectivity index (χ1) is 11.2. The molecule has 0 atom stereocenters. The summed E-state index contributed by atoms with van der Waals surface area (Å²) in [5.41, 5.74) is 8.32. The highest BCUT2D eigenvalue weighted by atomic mass is 16.5. The molecule has 0 saturated heterocycles. The van der Waals surface area contributed by atoms with Crippen molar-refractivity contribution in [3.63, 3.8) is 0 Å². The van der Waals surface area contributed by atoms with Crippen LogP contribution >= 0.6 is 0 Å². The van der Waals surface area contributed by atoms with Crippen LogP contribution in [0.15, 0.2) is 35.4 Å². The first-order valence-corrected chi connectivity index (χ1v) is 7.58. The number of hydrazone groups is 1. The second-order valence-corrected chi connectivity index (χ2v) is 5.44. The minimum atomic E-state index is 0.635. The van der Waals surface area contributed by atoms with Crippen molar-refractivity contribution in [2.24, 2.45) is 5.10 Å². The Morgan fingerprint density at radius 1 is 1.35 bits per heavy atom. The zero-order valence-electron chi connectivity index (χ0n) is 13.6. The summed E-state index contributed by atoms with van der Waals surface area (Å²) in [5, 5.41) is 4.29. The van der Waals surface area contributed by atoms with E-state index < -0.39 is 0 Å². The predicted molar refractivity (Wildman–Crippen MR) is 93.1 cm³/mol. The highest BCUT2D eigenvalue weighted by Gasteiger charge is 2.07. The number of benzene rings is 1. The normalized spacial score (nSPS) is 11.6. The van der Waals surface area contributed by atoms with E-state index in [1.165, 1.54) is 11.4 Å². The topological polar surface area (TPSA) is 67.2 Å². The SMILES string of the molecule is COCCn1c(C)cc(/C=N/Nc2nc3ccccc3[nH]2)c1C. The van der Waals surface area contributed by atoms with Crippen LogP contribution in [0.5, 0.6) is 0 Å². The maximum atomic E-state index is 5.15. The Bertz CT molecular complexity index is 798. The Labute approximate surface area is 135 Å². The maximum Gasteiger partial charge on any atom is 0.222 e. The fourth-order valence-electron chi connectivity index (χ4n) is 2.65. The molecule has 0 aliphatic rings. The molecule has 0 radical (unpaired) electrons. The molecule has 3 aromatic rings. The number of aryl methyl sites for hydroxylation is 1. The summed E-state index contributed by atoms with van der Waals surface area (Å²) in [6.07, 6.45) is 1.82. The van der Waals surface area contributed by atoms with Gasteiger partial charge in [0, 0.05) is 30.6 Å². The van der Waals surface area contributed by atoms with Crippen molar-refractivity contribution in [2.45, 2.75) is 20.4 Å². The second-order valence-electron chi connectivity index (χ2n) is 5.44. The third-order valence-electron chi connectivity index (χ3n) is 3.90. The number of para-hydroxylation sites is 2. The third kappa shape index (κ3) is 3.27. The van der Waals surface area contributed by atoms with Gasteiger partial charge in [0.2, 0.25) is 5.95 Å². The summed E-state index contributed by atoms with van der Waals surface area (Å²) in [7, 11) is 1.72. The molecule has 0 aliphatic carbocycles. The van der Waals surface area contributed by atoms with Crippen LogP contribution in [0.3, 0.4) is 0 Å². The lowest BCUT2D eigenvalue weighted by Gasteiger charge is -2.08. The van der Waals surface area contributed by atoms with Gasteiger partial charge in [-0.1, -0.05) is 12.1 Å². The Morgan fingerprint density at radius 3 is 2.96 bits per heavy atom. The zero-order chi connectivity index (χ0) is 16.2. The van der Waals surface area contributed by atoms with Gasteiger partial charge in [0.15, 0.2) is 0 Å². The van der Waals surface area contributed by atoms with Crippen LogP contribution in [0.1, 0.15) is 17.0 Å². The number of methoxy groups -OCH3 is 1. The van der Waals surface area contributed by atoms with Gasteiger partial charge in [-0.15, -0.1) is 0 Å². The molecule has 6 heteroatoms. The molecule has 0 spiro atoms. The molecular weight excluding hydrogens is 290 g/mol. The monoisotopic (exact) mass is 311 g/mol. The molecule has 2 heterocycles. The van der Waals surface area contributed by atoms with E-state index in [2.05, 4.69) is 45.0 Å². The van der Waals surface area contributed by atoms with Crippen molar-refractivity contribution in [1.82, 2.24) is 14.5 Å².